The predicted octanol–water partition coefficient (Wildman–Crippen LogP) is 2.58. The first-order valence-corrected chi connectivity index (χ1v) is 7.45. The number of rotatable bonds is 6. The van der Waals surface area contributed by atoms with Crippen molar-refractivity contribution in [2.24, 2.45) is 0 Å². The largest absolute Gasteiger partial charge is 0.494 e. The van der Waals surface area contributed by atoms with Gasteiger partial charge in [0.15, 0.2) is 11.6 Å². The summed E-state index contributed by atoms with van der Waals surface area (Å²) in [4.78, 5) is 13.5. The fourth-order valence-corrected chi connectivity index (χ4v) is 2.57. The van der Waals surface area contributed by atoms with E-state index in [2.05, 4.69) is 0 Å². The van der Waals surface area contributed by atoms with Crippen LogP contribution in [0.3, 0.4) is 0 Å². The Hall–Kier alpha value is -1.33. The summed E-state index contributed by atoms with van der Waals surface area (Å²) in [5.41, 5.74) is 0.699. The number of alkyl halides is 1. The second-order valence-corrected chi connectivity index (χ2v) is 5.28. The molecule has 116 valence electrons. The quantitative estimate of drug-likeness (QED) is 0.757. The topological polar surface area (TPSA) is 38.8 Å². The van der Waals surface area contributed by atoms with Crippen LogP contribution in [-0.4, -0.2) is 43.1 Å². The number of hydrogen-bond donors (Lipinski definition) is 0. The van der Waals surface area contributed by atoms with Crippen LogP contribution in [-0.2, 0) is 16.1 Å². The number of carbonyl (C=O) groups excluding carboxylic acids is 1. The van der Waals surface area contributed by atoms with Crippen LogP contribution in [0.5, 0.6) is 5.75 Å². The number of nitrogens with zero attached hydrogens (tertiary/aromatic N) is 1. The first-order chi connectivity index (χ1) is 10.1. The zero-order chi connectivity index (χ0) is 15.2. The van der Waals surface area contributed by atoms with Crippen molar-refractivity contribution in [2.45, 2.75) is 25.5 Å². The molecule has 1 heterocycles. The highest BCUT2D eigenvalue weighted by molar-refractivity contribution is 6.27. The number of amides is 1. The fraction of sp³-hybridized carbons (Fsp3) is 0.533. The molecule has 4 nitrogen and oxygen atoms in total. The van der Waals surface area contributed by atoms with Crippen molar-refractivity contribution < 1.29 is 18.7 Å². The summed E-state index contributed by atoms with van der Waals surface area (Å²) in [6.07, 6.45) is 1.98. The Morgan fingerprint density at radius 1 is 1.57 bits per heavy atom. The Morgan fingerprint density at radius 3 is 2.95 bits per heavy atom. The lowest BCUT2D eigenvalue weighted by Crippen LogP contribution is -2.37. The molecule has 0 N–H and O–H groups in total. The molecule has 1 fully saturated rings. The molecule has 0 aromatic heterocycles. The minimum absolute atomic E-state index is 0.0419. The molecular weight excluding hydrogens is 297 g/mol. The summed E-state index contributed by atoms with van der Waals surface area (Å²) in [5.74, 6) is -0.521. The highest BCUT2D eigenvalue weighted by Crippen LogP contribution is 2.20. The first-order valence-electron chi connectivity index (χ1n) is 6.91. The molecule has 1 amide bonds. The van der Waals surface area contributed by atoms with Crippen LogP contribution in [0.4, 0.5) is 4.39 Å². The molecule has 0 unspecified atom stereocenters. The Kier molecular flexibility index (Phi) is 5.82. The lowest BCUT2D eigenvalue weighted by Gasteiger charge is -2.25. The second kappa shape index (κ2) is 7.61. The molecule has 1 atom stereocenters. The van der Waals surface area contributed by atoms with Gasteiger partial charge in [0.2, 0.25) is 5.91 Å². The summed E-state index contributed by atoms with van der Waals surface area (Å²) in [5, 5.41) is 0. The van der Waals surface area contributed by atoms with Crippen LogP contribution in [0.25, 0.3) is 0 Å². The third kappa shape index (κ3) is 4.32. The number of hydrogen-bond acceptors (Lipinski definition) is 3. The van der Waals surface area contributed by atoms with Crippen LogP contribution in [0.1, 0.15) is 18.4 Å². The van der Waals surface area contributed by atoms with Gasteiger partial charge in [-0.1, -0.05) is 6.07 Å². The third-order valence-electron chi connectivity index (χ3n) is 3.50. The van der Waals surface area contributed by atoms with E-state index in [4.69, 9.17) is 21.1 Å². The highest BCUT2D eigenvalue weighted by Gasteiger charge is 2.22. The zero-order valence-electron chi connectivity index (χ0n) is 12.0. The van der Waals surface area contributed by atoms with Crippen molar-refractivity contribution in [1.29, 1.82) is 0 Å². The van der Waals surface area contributed by atoms with Gasteiger partial charge in [-0.15, -0.1) is 11.6 Å². The molecule has 2 rings (SSSR count). The molecule has 0 bridgehead atoms. The normalized spacial score (nSPS) is 17.8. The van der Waals surface area contributed by atoms with Crippen molar-refractivity contribution in [1.82, 2.24) is 4.90 Å². The number of carbonyl (C=O) groups is 1. The third-order valence-corrected chi connectivity index (χ3v) is 3.73. The van der Waals surface area contributed by atoms with Gasteiger partial charge in [0.1, 0.15) is 5.88 Å². The molecule has 0 radical (unpaired) electrons. The number of benzene rings is 1. The smallest absolute Gasteiger partial charge is 0.237 e. The van der Waals surface area contributed by atoms with Crippen molar-refractivity contribution in [2.75, 3.05) is 26.1 Å². The van der Waals surface area contributed by atoms with E-state index in [0.29, 0.717) is 18.7 Å². The molecule has 1 aliphatic heterocycles. The lowest BCUT2D eigenvalue weighted by molar-refractivity contribution is -0.130. The van der Waals surface area contributed by atoms with Crippen molar-refractivity contribution in [3.8, 4) is 5.75 Å². The average molecular weight is 316 g/mol. The Morgan fingerprint density at radius 2 is 2.38 bits per heavy atom. The average Bonchev–Trinajstić information content (AvgIpc) is 2.99. The van der Waals surface area contributed by atoms with Crippen LogP contribution in [0.15, 0.2) is 18.2 Å². The van der Waals surface area contributed by atoms with E-state index in [-0.39, 0.29) is 23.6 Å². The van der Waals surface area contributed by atoms with Crippen LogP contribution in [0, 0.1) is 5.82 Å². The van der Waals surface area contributed by atoms with Gasteiger partial charge < -0.3 is 14.4 Å². The summed E-state index contributed by atoms with van der Waals surface area (Å²) < 4.78 is 24.1. The summed E-state index contributed by atoms with van der Waals surface area (Å²) >= 11 is 5.65. The minimum atomic E-state index is -0.439. The molecular formula is C15H19ClFNO3. The van der Waals surface area contributed by atoms with E-state index in [1.807, 2.05) is 0 Å². The van der Waals surface area contributed by atoms with Gasteiger partial charge in [-0.05, 0) is 30.5 Å². The molecule has 0 spiro atoms. The van der Waals surface area contributed by atoms with E-state index < -0.39 is 5.82 Å². The Labute approximate surface area is 128 Å². The van der Waals surface area contributed by atoms with Gasteiger partial charge >= 0.3 is 0 Å². The maximum Gasteiger partial charge on any atom is 0.237 e. The molecule has 1 aliphatic rings. The van der Waals surface area contributed by atoms with Gasteiger partial charge in [-0.2, -0.15) is 0 Å². The van der Waals surface area contributed by atoms with Crippen LogP contribution in [0.2, 0.25) is 0 Å². The number of methoxy groups -OCH3 is 1. The maximum atomic E-state index is 13.7. The van der Waals surface area contributed by atoms with Crippen LogP contribution >= 0.6 is 11.6 Å². The van der Waals surface area contributed by atoms with Gasteiger partial charge in [0.25, 0.3) is 0 Å². The predicted molar refractivity (Wildman–Crippen MR) is 78.1 cm³/mol. The highest BCUT2D eigenvalue weighted by atomic mass is 35.5. The van der Waals surface area contributed by atoms with Crippen molar-refractivity contribution in [3.63, 3.8) is 0 Å². The molecule has 1 aromatic rings. The van der Waals surface area contributed by atoms with Gasteiger partial charge in [-0.3, -0.25) is 4.79 Å². The van der Waals surface area contributed by atoms with E-state index in [0.717, 1.165) is 19.4 Å². The van der Waals surface area contributed by atoms with E-state index in [9.17, 15) is 9.18 Å². The van der Waals surface area contributed by atoms with E-state index >= 15 is 0 Å². The fourth-order valence-electron chi connectivity index (χ4n) is 2.40. The monoisotopic (exact) mass is 315 g/mol. The van der Waals surface area contributed by atoms with Crippen molar-refractivity contribution in [3.05, 3.63) is 29.6 Å². The molecule has 21 heavy (non-hydrogen) atoms. The summed E-state index contributed by atoms with van der Waals surface area (Å²) in [7, 11) is 1.42. The molecule has 0 saturated carbocycles. The zero-order valence-corrected chi connectivity index (χ0v) is 12.7. The number of halogens is 2. The lowest BCUT2D eigenvalue weighted by atomic mass is 10.1. The Balaban J connectivity index is 2.06. The maximum absolute atomic E-state index is 13.7. The minimum Gasteiger partial charge on any atom is -0.494 e. The van der Waals surface area contributed by atoms with Crippen molar-refractivity contribution >= 4 is 17.5 Å². The second-order valence-electron chi connectivity index (χ2n) is 5.01. The summed E-state index contributed by atoms with van der Waals surface area (Å²) in [6, 6.07) is 4.68. The van der Waals surface area contributed by atoms with E-state index in [1.165, 1.54) is 13.2 Å². The standard InChI is InChI=1S/C15H19ClFNO3/c1-20-14-5-4-11(7-13(14)17)9-18(15(19)8-16)10-12-3-2-6-21-12/h4-5,7,12H,2-3,6,8-10H2,1H3/t12-/m1/s1. The molecule has 0 aliphatic carbocycles. The number of ether oxygens (including phenoxy) is 2. The van der Waals surface area contributed by atoms with E-state index in [1.54, 1.807) is 17.0 Å². The molecule has 1 aromatic carbocycles. The Bertz CT molecular complexity index is 492. The molecule has 1 saturated heterocycles. The van der Waals surface area contributed by atoms with Gasteiger partial charge in [-0.25, -0.2) is 4.39 Å². The first kappa shape index (κ1) is 16.0. The summed E-state index contributed by atoms with van der Waals surface area (Å²) in [6.45, 7) is 1.52. The van der Waals surface area contributed by atoms with Crippen LogP contribution < -0.4 is 4.74 Å². The van der Waals surface area contributed by atoms with Gasteiger partial charge in [0.05, 0.1) is 13.2 Å². The molecule has 6 heteroatoms. The van der Waals surface area contributed by atoms with Gasteiger partial charge in [0, 0.05) is 19.7 Å². The SMILES string of the molecule is COc1ccc(CN(C[C@H]2CCCO2)C(=O)CCl)cc1F.